The number of ether oxygens (including phenoxy) is 1. The lowest BCUT2D eigenvalue weighted by molar-refractivity contribution is -0.873. The Morgan fingerprint density at radius 1 is 1.29 bits per heavy atom. The molecule has 0 fully saturated rings. The minimum atomic E-state index is -0.499. The minimum absolute atomic E-state index is 0.260. The summed E-state index contributed by atoms with van der Waals surface area (Å²) in [6.45, 7) is 0.891. The third kappa shape index (κ3) is 5.47. The van der Waals surface area contributed by atoms with E-state index in [0.29, 0.717) is 22.3 Å². The normalized spacial score (nSPS) is 13.2. The molecule has 0 heterocycles. The molecule has 0 spiro atoms. The first kappa shape index (κ1) is 13.7. The van der Waals surface area contributed by atoms with Crippen LogP contribution in [0.25, 0.3) is 0 Å². The first-order valence-corrected chi connectivity index (χ1v) is 5.57. The van der Waals surface area contributed by atoms with Crippen LogP contribution < -0.4 is 4.74 Å². The minimum Gasteiger partial charge on any atom is -0.491 e. The summed E-state index contributed by atoms with van der Waals surface area (Å²) in [5.41, 5.74) is 0.615. The van der Waals surface area contributed by atoms with Crippen molar-refractivity contribution < 1.29 is 19.1 Å². The van der Waals surface area contributed by atoms with E-state index in [0.717, 1.165) is 6.29 Å². The summed E-state index contributed by atoms with van der Waals surface area (Å²) in [6.07, 6.45) is 0.288. The van der Waals surface area contributed by atoms with Crippen molar-refractivity contribution in [3.05, 3.63) is 29.8 Å². The van der Waals surface area contributed by atoms with Crippen molar-refractivity contribution in [3.63, 3.8) is 0 Å². The van der Waals surface area contributed by atoms with E-state index in [-0.39, 0.29) is 6.61 Å². The maximum Gasteiger partial charge on any atom is 0.150 e. The zero-order valence-corrected chi connectivity index (χ0v) is 10.6. The smallest absolute Gasteiger partial charge is 0.150 e. The molecule has 4 nitrogen and oxygen atoms in total. The zero-order valence-electron chi connectivity index (χ0n) is 10.6. The van der Waals surface area contributed by atoms with Gasteiger partial charge in [0.1, 0.15) is 31.3 Å². The molecule has 0 aliphatic heterocycles. The number of nitrogens with zero attached hydrogens (tertiary/aromatic N) is 1. The molecule has 0 aliphatic rings. The molecule has 1 rings (SSSR count). The van der Waals surface area contributed by atoms with Gasteiger partial charge in [-0.1, -0.05) is 0 Å². The maximum atomic E-state index is 10.5. The summed E-state index contributed by atoms with van der Waals surface area (Å²) in [6, 6.07) is 6.83. The molecule has 0 amide bonds. The lowest BCUT2D eigenvalue weighted by Gasteiger charge is -2.26. The highest BCUT2D eigenvalue weighted by atomic mass is 16.5. The third-order valence-corrected chi connectivity index (χ3v) is 2.22. The first-order chi connectivity index (χ1) is 7.90. The van der Waals surface area contributed by atoms with Crippen LogP contribution in [-0.2, 0) is 0 Å². The maximum absolute atomic E-state index is 10.5. The van der Waals surface area contributed by atoms with Crippen molar-refractivity contribution >= 4 is 6.29 Å². The molecule has 0 aliphatic carbocycles. The Kier molecular flexibility index (Phi) is 4.66. The number of aldehydes is 1. The molecule has 94 valence electrons. The number of rotatable bonds is 6. The standard InChI is InChI=1S/C13H20NO3/c1-14(2,3)8-12(16)10-17-13-6-4-11(9-15)5-7-13/h4-7,9,12,16H,8,10H2,1-3H3/q+1. The van der Waals surface area contributed by atoms with Gasteiger partial charge in [0.05, 0.1) is 21.1 Å². The molecule has 1 aromatic carbocycles. The van der Waals surface area contributed by atoms with Crippen LogP contribution in [-0.4, -0.2) is 56.3 Å². The van der Waals surface area contributed by atoms with Gasteiger partial charge in [0, 0.05) is 5.56 Å². The second-order valence-corrected chi connectivity index (χ2v) is 5.12. The number of hydrogen-bond acceptors (Lipinski definition) is 3. The van der Waals surface area contributed by atoms with E-state index in [1.807, 2.05) is 21.1 Å². The Morgan fingerprint density at radius 3 is 2.35 bits per heavy atom. The fourth-order valence-corrected chi connectivity index (χ4v) is 1.52. The van der Waals surface area contributed by atoms with Crippen molar-refractivity contribution in [2.75, 3.05) is 34.3 Å². The second kappa shape index (κ2) is 5.80. The van der Waals surface area contributed by atoms with Gasteiger partial charge in [-0.05, 0) is 24.3 Å². The van der Waals surface area contributed by atoms with E-state index in [1.165, 1.54) is 0 Å². The van der Waals surface area contributed by atoms with Gasteiger partial charge >= 0.3 is 0 Å². The Bertz CT molecular complexity index is 354. The summed E-state index contributed by atoms with van der Waals surface area (Å²) < 4.78 is 6.13. The zero-order chi connectivity index (χ0) is 12.9. The fourth-order valence-electron chi connectivity index (χ4n) is 1.52. The van der Waals surface area contributed by atoms with Crippen LogP contribution in [0.5, 0.6) is 5.75 Å². The van der Waals surface area contributed by atoms with Crippen LogP contribution >= 0.6 is 0 Å². The van der Waals surface area contributed by atoms with Crippen LogP contribution in [0.4, 0.5) is 0 Å². The van der Waals surface area contributed by atoms with Crippen LogP contribution in [0.1, 0.15) is 10.4 Å². The molecule has 0 aromatic heterocycles. The number of aliphatic hydroxyl groups is 1. The molecule has 1 N–H and O–H groups in total. The monoisotopic (exact) mass is 238 g/mol. The van der Waals surface area contributed by atoms with Crippen molar-refractivity contribution in [1.29, 1.82) is 0 Å². The van der Waals surface area contributed by atoms with E-state index >= 15 is 0 Å². The molecular formula is C13H20NO3+. The van der Waals surface area contributed by atoms with E-state index in [9.17, 15) is 9.90 Å². The molecule has 1 atom stereocenters. The molecule has 4 heteroatoms. The van der Waals surface area contributed by atoms with Gasteiger partial charge in [0.15, 0.2) is 0 Å². The summed E-state index contributed by atoms with van der Waals surface area (Å²) in [5.74, 6) is 0.663. The molecule has 0 saturated heterocycles. The predicted molar refractivity (Wildman–Crippen MR) is 66.2 cm³/mol. The number of carbonyl (C=O) groups is 1. The van der Waals surface area contributed by atoms with Crippen LogP contribution in [0.2, 0.25) is 0 Å². The highest BCUT2D eigenvalue weighted by Gasteiger charge is 2.15. The van der Waals surface area contributed by atoms with Gasteiger partial charge < -0.3 is 14.3 Å². The lowest BCUT2D eigenvalue weighted by atomic mass is 10.2. The Morgan fingerprint density at radius 2 is 1.88 bits per heavy atom. The summed E-state index contributed by atoms with van der Waals surface area (Å²) in [7, 11) is 6.05. The molecule has 1 aromatic rings. The van der Waals surface area contributed by atoms with E-state index in [1.54, 1.807) is 24.3 Å². The lowest BCUT2D eigenvalue weighted by Crippen LogP contribution is -2.43. The number of benzene rings is 1. The second-order valence-electron chi connectivity index (χ2n) is 5.12. The average Bonchev–Trinajstić information content (AvgIpc) is 2.25. The third-order valence-electron chi connectivity index (χ3n) is 2.22. The topological polar surface area (TPSA) is 46.5 Å². The van der Waals surface area contributed by atoms with Crippen molar-refractivity contribution in [2.45, 2.75) is 6.10 Å². The van der Waals surface area contributed by atoms with Gasteiger partial charge in [-0.25, -0.2) is 0 Å². The first-order valence-electron chi connectivity index (χ1n) is 5.57. The van der Waals surface area contributed by atoms with E-state index < -0.39 is 6.10 Å². The molecule has 1 unspecified atom stereocenters. The molecule has 0 radical (unpaired) electrons. The number of hydrogen-bond donors (Lipinski definition) is 1. The van der Waals surface area contributed by atoms with Crippen LogP contribution in [0.15, 0.2) is 24.3 Å². The molecular weight excluding hydrogens is 218 g/mol. The van der Waals surface area contributed by atoms with Gasteiger partial charge in [-0.2, -0.15) is 0 Å². The van der Waals surface area contributed by atoms with Gasteiger partial charge in [-0.3, -0.25) is 4.79 Å². The summed E-state index contributed by atoms with van der Waals surface area (Å²) in [4.78, 5) is 10.5. The highest BCUT2D eigenvalue weighted by Crippen LogP contribution is 2.11. The molecule has 0 bridgehead atoms. The van der Waals surface area contributed by atoms with Crippen molar-refractivity contribution in [1.82, 2.24) is 0 Å². The van der Waals surface area contributed by atoms with E-state index in [2.05, 4.69) is 0 Å². The number of likely N-dealkylation sites (N-methyl/N-ethyl adjacent to an activating group) is 1. The van der Waals surface area contributed by atoms with Crippen LogP contribution in [0.3, 0.4) is 0 Å². The van der Waals surface area contributed by atoms with Crippen molar-refractivity contribution in [2.24, 2.45) is 0 Å². The predicted octanol–water partition coefficient (Wildman–Crippen LogP) is 0.945. The molecule has 17 heavy (non-hydrogen) atoms. The number of aliphatic hydroxyl groups excluding tert-OH is 1. The van der Waals surface area contributed by atoms with Crippen LogP contribution in [0, 0.1) is 0 Å². The van der Waals surface area contributed by atoms with Gasteiger partial charge in [-0.15, -0.1) is 0 Å². The van der Waals surface area contributed by atoms with Gasteiger partial charge in [0.2, 0.25) is 0 Å². The Hall–Kier alpha value is -1.39. The number of carbonyl (C=O) groups excluding carboxylic acids is 1. The quantitative estimate of drug-likeness (QED) is 0.593. The fraction of sp³-hybridized carbons (Fsp3) is 0.462. The number of quaternary nitrogens is 1. The highest BCUT2D eigenvalue weighted by molar-refractivity contribution is 5.74. The van der Waals surface area contributed by atoms with Gasteiger partial charge in [0.25, 0.3) is 0 Å². The largest absolute Gasteiger partial charge is 0.491 e. The Labute approximate surface area is 102 Å². The van der Waals surface area contributed by atoms with Crippen molar-refractivity contribution in [3.8, 4) is 5.75 Å². The SMILES string of the molecule is C[N+](C)(C)CC(O)COc1ccc(C=O)cc1. The average molecular weight is 238 g/mol. The summed E-state index contributed by atoms with van der Waals surface area (Å²) in [5, 5.41) is 9.75. The summed E-state index contributed by atoms with van der Waals surface area (Å²) >= 11 is 0. The van der Waals surface area contributed by atoms with E-state index in [4.69, 9.17) is 4.74 Å². The Balaban J connectivity index is 2.41. The molecule has 0 saturated carbocycles.